The van der Waals surface area contributed by atoms with Gasteiger partial charge in [0.15, 0.2) is 0 Å². The van der Waals surface area contributed by atoms with Gasteiger partial charge in [0.2, 0.25) is 11.8 Å². The summed E-state index contributed by atoms with van der Waals surface area (Å²) < 4.78 is 1.50. The second kappa shape index (κ2) is 9.48. The van der Waals surface area contributed by atoms with Gasteiger partial charge in [-0.2, -0.15) is 0 Å². The van der Waals surface area contributed by atoms with Crippen LogP contribution in [-0.4, -0.2) is 21.4 Å². The van der Waals surface area contributed by atoms with E-state index in [1.807, 2.05) is 37.3 Å². The van der Waals surface area contributed by atoms with Crippen LogP contribution in [0.1, 0.15) is 26.3 Å². The van der Waals surface area contributed by atoms with Crippen LogP contribution < -0.4 is 16.2 Å². The van der Waals surface area contributed by atoms with E-state index in [0.717, 1.165) is 0 Å². The maximum atomic E-state index is 13.8. The first-order valence-corrected chi connectivity index (χ1v) is 10.7. The second-order valence-electron chi connectivity index (χ2n) is 7.63. The van der Waals surface area contributed by atoms with Crippen molar-refractivity contribution in [3.8, 4) is 11.3 Å². The summed E-state index contributed by atoms with van der Waals surface area (Å²) in [5, 5.41) is 5.66. The Hall–Kier alpha value is -4.26. The van der Waals surface area contributed by atoms with Crippen molar-refractivity contribution in [2.45, 2.75) is 26.3 Å². The fourth-order valence-corrected chi connectivity index (χ4v) is 3.86. The van der Waals surface area contributed by atoms with Crippen molar-refractivity contribution in [2.75, 3.05) is 10.6 Å². The monoisotopic (exact) mass is 440 g/mol. The Kier molecular flexibility index (Phi) is 6.31. The van der Waals surface area contributed by atoms with Crippen LogP contribution in [0.15, 0.2) is 83.7 Å². The zero-order chi connectivity index (χ0) is 23.4. The van der Waals surface area contributed by atoms with Crippen molar-refractivity contribution >= 4 is 34.2 Å². The molecule has 4 rings (SSSR count). The summed E-state index contributed by atoms with van der Waals surface area (Å²) in [6, 6.07) is 22.6. The SMILES string of the molecule is CC[C@H](C(=O)Nc1ccccc1)n1c(=O)c(-c2ccccc2NC(C)=O)nc2ccccc21. The summed E-state index contributed by atoms with van der Waals surface area (Å²) in [5.74, 6) is -0.541. The van der Waals surface area contributed by atoms with Crippen molar-refractivity contribution in [3.05, 3.63) is 89.2 Å². The lowest BCUT2D eigenvalue weighted by molar-refractivity contribution is -0.119. The van der Waals surface area contributed by atoms with Crippen molar-refractivity contribution in [1.29, 1.82) is 0 Å². The molecule has 0 fully saturated rings. The Balaban J connectivity index is 1.90. The molecule has 166 valence electrons. The van der Waals surface area contributed by atoms with Crippen molar-refractivity contribution < 1.29 is 9.59 Å². The van der Waals surface area contributed by atoms with Gasteiger partial charge in [-0.15, -0.1) is 0 Å². The predicted molar refractivity (Wildman–Crippen MR) is 130 cm³/mol. The molecule has 0 saturated heterocycles. The molecule has 7 nitrogen and oxygen atoms in total. The van der Waals surface area contributed by atoms with Crippen molar-refractivity contribution in [1.82, 2.24) is 9.55 Å². The van der Waals surface area contributed by atoms with Gasteiger partial charge in [-0.1, -0.05) is 55.5 Å². The summed E-state index contributed by atoms with van der Waals surface area (Å²) in [6.45, 7) is 3.27. The number of aromatic nitrogens is 2. The molecule has 7 heteroatoms. The number of nitrogens with one attached hydrogen (secondary N) is 2. The van der Waals surface area contributed by atoms with Crippen LogP contribution >= 0.6 is 0 Å². The molecule has 0 spiro atoms. The number of anilines is 2. The average Bonchev–Trinajstić information content (AvgIpc) is 2.81. The number of para-hydroxylation sites is 4. The maximum absolute atomic E-state index is 13.8. The lowest BCUT2D eigenvalue weighted by atomic mass is 10.1. The number of hydrogen-bond donors (Lipinski definition) is 2. The van der Waals surface area contributed by atoms with Crippen molar-refractivity contribution in [2.24, 2.45) is 0 Å². The molecule has 2 amide bonds. The van der Waals surface area contributed by atoms with Gasteiger partial charge in [-0.25, -0.2) is 4.98 Å². The third kappa shape index (κ3) is 4.52. The third-order valence-corrected chi connectivity index (χ3v) is 5.33. The Morgan fingerprint density at radius 2 is 1.58 bits per heavy atom. The topological polar surface area (TPSA) is 93.1 Å². The zero-order valence-electron chi connectivity index (χ0n) is 18.4. The first-order chi connectivity index (χ1) is 16.0. The molecule has 0 unspecified atom stereocenters. The van der Waals surface area contributed by atoms with E-state index in [0.29, 0.717) is 34.4 Å². The smallest absolute Gasteiger partial charge is 0.278 e. The standard InChI is InChI=1S/C26H24N4O3/c1-3-22(25(32)28-18-11-5-4-6-12-18)30-23-16-10-9-15-21(23)29-24(26(30)33)19-13-7-8-14-20(19)27-17(2)31/h4-16,22H,3H2,1-2H3,(H,27,31)(H,28,32)/t22-/m1/s1. The van der Waals surface area contributed by atoms with Crippen LogP contribution in [0.25, 0.3) is 22.3 Å². The molecule has 0 aliphatic heterocycles. The number of nitrogens with zero attached hydrogens (tertiary/aromatic N) is 2. The Bertz CT molecular complexity index is 1380. The van der Waals surface area contributed by atoms with E-state index in [1.54, 1.807) is 48.5 Å². The van der Waals surface area contributed by atoms with Gasteiger partial charge in [0.25, 0.3) is 5.56 Å². The van der Waals surface area contributed by atoms with E-state index in [-0.39, 0.29) is 17.5 Å². The van der Waals surface area contributed by atoms with Gasteiger partial charge >= 0.3 is 0 Å². The van der Waals surface area contributed by atoms with Gasteiger partial charge in [0.1, 0.15) is 11.7 Å². The molecular weight excluding hydrogens is 416 g/mol. The Morgan fingerprint density at radius 3 is 2.30 bits per heavy atom. The summed E-state index contributed by atoms with van der Waals surface area (Å²) in [6.07, 6.45) is 0.402. The van der Waals surface area contributed by atoms with E-state index in [9.17, 15) is 14.4 Å². The minimum Gasteiger partial charge on any atom is -0.326 e. The van der Waals surface area contributed by atoms with Crippen LogP contribution in [0.3, 0.4) is 0 Å². The Labute approximate surface area is 191 Å². The molecule has 0 radical (unpaired) electrons. The quantitative estimate of drug-likeness (QED) is 0.458. The number of benzene rings is 3. The fraction of sp³-hybridized carbons (Fsp3) is 0.154. The van der Waals surface area contributed by atoms with E-state index in [1.165, 1.54) is 11.5 Å². The fourth-order valence-electron chi connectivity index (χ4n) is 3.86. The van der Waals surface area contributed by atoms with Crippen LogP contribution in [0.5, 0.6) is 0 Å². The minimum atomic E-state index is -0.753. The first kappa shape index (κ1) is 22.0. The van der Waals surface area contributed by atoms with Gasteiger partial charge in [-0.3, -0.25) is 19.0 Å². The molecule has 33 heavy (non-hydrogen) atoms. The molecule has 0 aliphatic rings. The molecule has 2 N–H and O–H groups in total. The highest BCUT2D eigenvalue weighted by Gasteiger charge is 2.25. The van der Waals surface area contributed by atoms with Crippen LogP contribution in [0.2, 0.25) is 0 Å². The van der Waals surface area contributed by atoms with Crippen LogP contribution in [0, 0.1) is 0 Å². The molecule has 0 bridgehead atoms. The predicted octanol–water partition coefficient (Wildman–Crippen LogP) is 4.61. The average molecular weight is 441 g/mol. The third-order valence-electron chi connectivity index (χ3n) is 5.33. The van der Waals surface area contributed by atoms with Crippen LogP contribution in [0.4, 0.5) is 11.4 Å². The van der Waals surface area contributed by atoms with E-state index < -0.39 is 11.6 Å². The first-order valence-electron chi connectivity index (χ1n) is 10.7. The highest BCUT2D eigenvalue weighted by molar-refractivity contribution is 5.96. The molecule has 1 atom stereocenters. The number of fused-ring (bicyclic) bond motifs is 1. The van der Waals surface area contributed by atoms with Gasteiger partial charge in [0, 0.05) is 18.2 Å². The zero-order valence-corrected chi connectivity index (χ0v) is 18.4. The Morgan fingerprint density at radius 1 is 0.909 bits per heavy atom. The largest absolute Gasteiger partial charge is 0.326 e. The lowest BCUT2D eigenvalue weighted by Gasteiger charge is -2.21. The lowest BCUT2D eigenvalue weighted by Crippen LogP contribution is -2.34. The molecule has 1 heterocycles. The number of amides is 2. The molecular formula is C26H24N4O3. The normalized spacial score (nSPS) is 11.7. The molecule has 1 aromatic heterocycles. The maximum Gasteiger partial charge on any atom is 0.278 e. The van der Waals surface area contributed by atoms with E-state index in [2.05, 4.69) is 15.6 Å². The number of hydrogen-bond acceptors (Lipinski definition) is 4. The van der Waals surface area contributed by atoms with Crippen molar-refractivity contribution in [3.63, 3.8) is 0 Å². The van der Waals surface area contributed by atoms with Crippen LogP contribution in [-0.2, 0) is 9.59 Å². The van der Waals surface area contributed by atoms with Gasteiger partial charge in [0.05, 0.1) is 16.7 Å². The minimum absolute atomic E-state index is 0.170. The number of rotatable bonds is 6. The van der Waals surface area contributed by atoms with Gasteiger partial charge in [-0.05, 0) is 36.8 Å². The highest BCUT2D eigenvalue weighted by Crippen LogP contribution is 2.27. The van der Waals surface area contributed by atoms with E-state index >= 15 is 0 Å². The number of carbonyl (C=O) groups is 2. The molecule has 4 aromatic rings. The second-order valence-corrected chi connectivity index (χ2v) is 7.63. The number of carbonyl (C=O) groups excluding carboxylic acids is 2. The van der Waals surface area contributed by atoms with E-state index in [4.69, 9.17) is 0 Å². The summed E-state index contributed by atoms with van der Waals surface area (Å²) in [7, 11) is 0. The summed E-state index contributed by atoms with van der Waals surface area (Å²) >= 11 is 0. The molecule has 3 aromatic carbocycles. The molecule has 0 aliphatic carbocycles. The van der Waals surface area contributed by atoms with Gasteiger partial charge < -0.3 is 10.6 Å². The summed E-state index contributed by atoms with van der Waals surface area (Å²) in [4.78, 5) is 43.4. The summed E-state index contributed by atoms with van der Waals surface area (Å²) in [5.41, 5.74) is 2.55. The molecule has 0 saturated carbocycles. The highest BCUT2D eigenvalue weighted by atomic mass is 16.2.